The Morgan fingerprint density at radius 1 is 1.19 bits per heavy atom. The molecule has 1 atom stereocenters. The second kappa shape index (κ2) is 5.84. The van der Waals surface area contributed by atoms with Gasteiger partial charge in [-0.3, -0.25) is 4.85 Å². The lowest BCUT2D eigenvalue weighted by atomic mass is 10.2. The van der Waals surface area contributed by atoms with Crippen LogP contribution in [-0.2, 0) is 9.84 Å². The van der Waals surface area contributed by atoms with Crippen molar-refractivity contribution in [1.29, 1.82) is 0 Å². The standard InChI is InChI=1S/C15H11ClFNO2S/c1-10-3-6-12(7-4-10)21(19,20)15(18-2)13-8-5-11(17)9-14(13)16/h3-9,15H,1H3/t15-/m1/s1. The van der Waals surface area contributed by atoms with Gasteiger partial charge < -0.3 is 0 Å². The Labute approximate surface area is 127 Å². The van der Waals surface area contributed by atoms with E-state index in [2.05, 4.69) is 4.85 Å². The van der Waals surface area contributed by atoms with Crippen LogP contribution >= 0.6 is 11.6 Å². The molecule has 0 unspecified atom stereocenters. The second-order valence-electron chi connectivity index (χ2n) is 4.51. The van der Waals surface area contributed by atoms with Gasteiger partial charge in [-0.15, -0.1) is 0 Å². The molecule has 0 heterocycles. The summed E-state index contributed by atoms with van der Waals surface area (Å²) in [6.45, 7) is 9.02. The minimum atomic E-state index is -3.92. The average Bonchev–Trinajstić information content (AvgIpc) is 2.42. The molecule has 0 aliphatic heterocycles. The number of benzene rings is 2. The lowest BCUT2D eigenvalue weighted by Crippen LogP contribution is -2.11. The van der Waals surface area contributed by atoms with Crippen molar-refractivity contribution in [3.8, 4) is 0 Å². The van der Waals surface area contributed by atoms with Gasteiger partial charge in [-0.25, -0.2) is 19.4 Å². The topological polar surface area (TPSA) is 38.5 Å². The first-order valence-corrected chi connectivity index (χ1v) is 7.91. The molecule has 0 bridgehead atoms. The highest BCUT2D eigenvalue weighted by Gasteiger charge is 2.36. The summed E-state index contributed by atoms with van der Waals surface area (Å²) in [6, 6.07) is 9.51. The molecular weight excluding hydrogens is 313 g/mol. The van der Waals surface area contributed by atoms with Gasteiger partial charge in [-0.05, 0) is 37.3 Å². The summed E-state index contributed by atoms with van der Waals surface area (Å²) in [6.07, 6.45) is 0. The molecule has 0 N–H and O–H groups in total. The maximum absolute atomic E-state index is 13.1. The third-order valence-corrected chi connectivity index (χ3v) is 5.19. The first-order chi connectivity index (χ1) is 9.86. The molecule has 21 heavy (non-hydrogen) atoms. The van der Waals surface area contributed by atoms with Crippen molar-refractivity contribution < 1.29 is 12.8 Å². The summed E-state index contributed by atoms with van der Waals surface area (Å²) in [5.74, 6) is -0.583. The minimum Gasteiger partial charge on any atom is -0.291 e. The lowest BCUT2D eigenvalue weighted by molar-refractivity contribution is 0.589. The van der Waals surface area contributed by atoms with E-state index in [1.54, 1.807) is 12.1 Å². The van der Waals surface area contributed by atoms with E-state index in [0.717, 1.165) is 17.7 Å². The van der Waals surface area contributed by atoms with E-state index in [4.69, 9.17) is 18.2 Å². The van der Waals surface area contributed by atoms with Gasteiger partial charge >= 0.3 is 5.37 Å². The van der Waals surface area contributed by atoms with Crippen LogP contribution in [0.3, 0.4) is 0 Å². The molecule has 0 fully saturated rings. The summed E-state index contributed by atoms with van der Waals surface area (Å²) in [4.78, 5) is 3.21. The molecular formula is C15H11ClFNO2S. The predicted octanol–water partition coefficient (Wildman–Crippen LogP) is 4.18. The molecule has 0 saturated heterocycles. The first kappa shape index (κ1) is 15.5. The molecule has 0 spiro atoms. The van der Waals surface area contributed by atoms with Crippen LogP contribution in [0.5, 0.6) is 0 Å². The summed E-state index contributed by atoms with van der Waals surface area (Å²) in [7, 11) is -3.92. The molecule has 0 radical (unpaired) electrons. The Bertz CT molecular complexity index is 811. The first-order valence-electron chi connectivity index (χ1n) is 5.98. The zero-order chi connectivity index (χ0) is 15.6. The molecule has 3 nitrogen and oxygen atoms in total. The Kier molecular flexibility index (Phi) is 4.31. The second-order valence-corrected chi connectivity index (χ2v) is 6.92. The van der Waals surface area contributed by atoms with Crippen molar-refractivity contribution in [1.82, 2.24) is 0 Å². The maximum atomic E-state index is 13.1. The van der Waals surface area contributed by atoms with Crippen molar-refractivity contribution in [3.63, 3.8) is 0 Å². The van der Waals surface area contributed by atoms with Crippen molar-refractivity contribution >= 4 is 21.4 Å². The summed E-state index contributed by atoms with van der Waals surface area (Å²) in [5, 5.41) is -1.57. The van der Waals surface area contributed by atoms with Crippen LogP contribution in [0.1, 0.15) is 16.5 Å². The zero-order valence-corrected chi connectivity index (χ0v) is 12.6. The summed E-state index contributed by atoms with van der Waals surface area (Å²) < 4.78 is 38.2. The monoisotopic (exact) mass is 323 g/mol. The number of hydrogen-bond acceptors (Lipinski definition) is 2. The van der Waals surface area contributed by atoms with Gasteiger partial charge in [0.15, 0.2) is 0 Å². The number of sulfone groups is 1. The fraction of sp³-hybridized carbons (Fsp3) is 0.133. The molecule has 6 heteroatoms. The molecule has 2 rings (SSSR count). The highest BCUT2D eigenvalue weighted by Crippen LogP contribution is 2.34. The van der Waals surface area contributed by atoms with E-state index >= 15 is 0 Å². The molecule has 0 aliphatic carbocycles. The summed E-state index contributed by atoms with van der Waals surface area (Å²) in [5.41, 5.74) is 0.988. The largest absolute Gasteiger partial charge is 0.351 e. The number of nitrogens with zero attached hydrogens (tertiary/aromatic N) is 1. The van der Waals surface area contributed by atoms with Crippen LogP contribution in [0, 0.1) is 19.3 Å². The van der Waals surface area contributed by atoms with E-state index in [9.17, 15) is 12.8 Å². The molecule has 0 saturated carbocycles. The van der Waals surface area contributed by atoms with Crippen LogP contribution in [0.15, 0.2) is 47.4 Å². The van der Waals surface area contributed by atoms with Crippen molar-refractivity contribution in [2.24, 2.45) is 0 Å². The van der Waals surface area contributed by atoms with E-state index in [0.29, 0.717) is 0 Å². The SMILES string of the molecule is [C-]#[N+][C@@H](c1ccc(F)cc1Cl)S(=O)(=O)c1ccc(C)cc1. The summed E-state index contributed by atoms with van der Waals surface area (Å²) >= 11 is 5.87. The van der Waals surface area contributed by atoms with Crippen molar-refractivity contribution in [2.45, 2.75) is 17.2 Å². The highest BCUT2D eigenvalue weighted by atomic mass is 35.5. The lowest BCUT2D eigenvalue weighted by Gasteiger charge is -2.09. The normalized spacial score (nSPS) is 12.7. The van der Waals surface area contributed by atoms with Crippen LogP contribution in [0.25, 0.3) is 4.85 Å². The van der Waals surface area contributed by atoms with Crippen LogP contribution in [0.4, 0.5) is 4.39 Å². The molecule has 108 valence electrons. The average molecular weight is 324 g/mol. The molecule has 2 aromatic carbocycles. The van der Waals surface area contributed by atoms with Crippen LogP contribution < -0.4 is 0 Å². The Morgan fingerprint density at radius 3 is 2.33 bits per heavy atom. The Hall–Kier alpha value is -1.90. The quantitative estimate of drug-likeness (QED) is 0.795. The highest BCUT2D eigenvalue weighted by molar-refractivity contribution is 7.91. The van der Waals surface area contributed by atoms with Crippen molar-refractivity contribution in [2.75, 3.05) is 0 Å². The van der Waals surface area contributed by atoms with E-state index in [1.807, 2.05) is 6.92 Å². The molecule has 2 aromatic rings. The van der Waals surface area contributed by atoms with Gasteiger partial charge in [0.05, 0.1) is 15.5 Å². The Balaban J connectivity index is 2.55. The van der Waals surface area contributed by atoms with Gasteiger partial charge in [0, 0.05) is 0 Å². The van der Waals surface area contributed by atoms with Crippen LogP contribution in [-0.4, -0.2) is 8.42 Å². The van der Waals surface area contributed by atoms with Gasteiger partial charge in [0.25, 0.3) is 9.84 Å². The Morgan fingerprint density at radius 2 is 1.81 bits per heavy atom. The van der Waals surface area contributed by atoms with Crippen LogP contribution in [0.2, 0.25) is 5.02 Å². The molecule has 0 aromatic heterocycles. The number of aryl methyl sites for hydroxylation is 1. The van der Waals surface area contributed by atoms with E-state index < -0.39 is 21.0 Å². The van der Waals surface area contributed by atoms with Gasteiger partial charge in [-0.1, -0.05) is 29.3 Å². The smallest absolute Gasteiger partial charge is 0.291 e. The third-order valence-electron chi connectivity index (χ3n) is 2.99. The van der Waals surface area contributed by atoms with Gasteiger partial charge in [0.1, 0.15) is 5.82 Å². The predicted molar refractivity (Wildman–Crippen MR) is 79.1 cm³/mol. The number of hydrogen-bond donors (Lipinski definition) is 0. The van der Waals surface area contributed by atoms with E-state index in [1.165, 1.54) is 18.2 Å². The van der Waals surface area contributed by atoms with E-state index in [-0.39, 0.29) is 15.5 Å². The number of rotatable bonds is 3. The van der Waals surface area contributed by atoms with Gasteiger partial charge in [-0.2, -0.15) is 0 Å². The number of halogens is 2. The van der Waals surface area contributed by atoms with Crippen molar-refractivity contribution in [3.05, 3.63) is 75.8 Å². The van der Waals surface area contributed by atoms with Gasteiger partial charge in [0.2, 0.25) is 0 Å². The third kappa shape index (κ3) is 3.07. The zero-order valence-electron chi connectivity index (χ0n) is 11.0. The fourth-order valence-electron chi connectivity index (χ4n) is 1.86. The maximum Gasteiger partial charge on any atom is 0.351 e. The molecule has 0 amide bonds. The molecule has 0 aliphatic rings. The fourth-order valence-corrected chi connectivity index (χ4v) is 3.65. The minimum absolute atomic E-state index is 0.0366.